The molecule has 2 N–H and O–H groups in total. The first-order valence-electron chi connectivity index (χ1n) is 10.6. The number of aromatic nitrogens is 5. The summed E-state index contributed by atoms with van der Waals surface area (Å²) in [6.45, 7) is 1.96. The van der Waals surface area contributed by atoms with Gasteiger partial charge in [-0.05, 0) is 50.6 Å². The maximum Gasteiger partial charge on any atom is 0.262 e. The van der Waals surface area contributed by atoms with Crippen LogP contribution in [0.2, 0.25) is 0 Å². The highest BCUT2D eigenvalue weighted by Gasteiger charge is 2.23. The molecule has 0 saturated carbocycles. The second-order valence-corrected chi connectivity index (χ2v) is 7.79. The zero-order chi connectivity index (χ0) is 21.2. The van der Waals surface area contributed by atoms with Gasteiger partial charge in [0.05, 0.1) is 24.8 Å². The number of hydrogen-bond acceptors (Lipinski definition) is 6. The van der Waals surface area contributed by atoms with Crippen LogP contribution in [0.4, 0.5) is 5.82 Å². The van der Waals surface area contributed by atoms with Gasteiger partial charge in [0.25, 0.3) is 5.91 Å². The Morgan fingerprint density at radius 1 is 1.26 bits per heavy atom. The second kappa shape index (κ2) is 8.35. The van der Waals surface area contributed by atoms with Crippen molar-refractivity contribution in [1.29, 1.82) is 0 Å². The molecule has 3 aromatic heterocycles. The first-order chi connectivity index (χ1) is 15.2. The van der Waals surface area contributed by atoms with Crippen molar-refractivity contribution in [2.24, 2.45) is 0 Å². The minimum Gasteiger partial charge on any atom is -0.501 e. The van der Waals surface area contributed by atoms with Crippen LogP contribution in [-0.2, 0) is 4.74 Å². The lowest BCUT2D eigenvalue weighted by molar-refractivity contribution is 0.102. The molecule has 0 atom stereocenters. The Labute approximate surface area is 179 Å². The SMILES string of the molecule is COC1=CC=C(n2nc(C3CCNCC3)cc2NC(=O)c2cnn3cccnc23)CC1. The second-order valence-electron chi connectivity index (χ2n) is 7.79. The fourth-order valence-electron chi connectivity index (χ4n) is 4.15. The molecule has 0 radical (unpaired) electrons. The zero-order valence-corrected chi connectivity index (χ0v) is 17.4. The van der Waals surface area contributed by atoms with E-state index in [1.165, 1.54) is 0 Å². The average Bonchev–Trinajstić information content (AvgIpc) is 3.44. The summed E-state index contributed by atoms with van der Waals surface area (Å²) in [5.74, 6) is 1.73. The predicted octanol–water partition coefficient (Wildman–Crippen LogP) is 2.81. The number of nitrogens with zero attached hydrogens (tertiary/aromatic N) is 5. The number of hydrogen-bond donors (Lipinski definition) is 2. The summed E-state index contributed by atoms with van der Waals surface area (Å²) in [5.41, 5.74) is 2.98. The van der Waals surface area contributed by atoms with Crippen molar-refractivity contribution in [2.45, 2.75) is 31.6 Å². The third-order valence-corrected chi connectivity index (χ3v) is 5.87. The Bertz CT molecular complexity index is 1170. The van der Waals surface area contributed by atoms with Crippen LogP contribution in [0.15, 0.2) is 48.6 Å². The van der Waals surface area contributed by atoms with Gasteiger partial charge in [-0.25, -0.2) is 14.2 Å². The van der Waals surface area contributed by atoms with Gasteiger partial charge in [0.2, 0.25) is 0 Å². The van der Waals surface area contributed by atoms with Crippen LogP contribution in [-0.4, -0.2) is 50.5 Å². The summed E-state index contributed by atoms with van der Waals surface area (Å²) < 4.78 is 8.80. The monoisotopic (exact) mass is 419 g/mol. The summed E-state index contributed by atoms with van der Waals surface area (Å²) in [5, 5.41) is 15.6. The Hall–Kier alpha value is -3.46. The normalized spacial score (nSPS) is 17.3. The van der Waals surface area contributed by atoms with Crippen LogP contribution < -0.4 is 10.6 Å². The van der Waals surface area contributed by atoms with E-state index in [1.54, 1.807) is 36.3 Å². The number of piperidine rings is 1. The average molecular weight is 419 g/mol. The van der Waals surface area contributed by atoms with Gasteiger partial charge < -0.3 is 15.4 Å². The molecule has 0 aromatic carbocycles. The van der Waals surface area contributed by atoms with Crippen LogP contribution in [0.3, 0.4) is 0 Å². The molecule has 1 saturated heterocycles. The molecule has 3 aromatic rings. The summed E-state index contributed by atoms with van der Waals surface area (Å²) >= 11 is 0. The van der Waals surface area contributed by atoms with E-state index in [9.17, 15) is 4.79 Å². The van der Waals surface area contributed by atoms with Crippen LogP contribution in [0.25, 0.3) is 11.3 Å². The lowest BCUT2D eigenvalue weighted by Crippen LogP contribution is -2.26. The van der Waals surface area contributed by atoms with E-state index in [2.05, 4.69) is 20.7 Å². The first kappa shape index (κ1) is 19.5. The molecule has 0 bridgehead atoms. The Balaban J connectivity index is 1.48. The van der Waals surface area contributed by atoms with E-state index in [0.29, 0.717) is 22.9 Å². The largest absolute Gasteiger partial charge is 0.501 e. The Morgan fingerprint density at radius 3 is 2.90 bits per heavy atom. The number of carbonyl (C=O) groups is 1. The van der Waals surface area contributed by atoms with Crippen LogP contribution in [0.5, 0.6) is 0 Å². The van der Waals surface area contributed by atoms with Crippen LogP contribution in [0.1, 0.15) is 47.7 Å². The molecule has 4 heterocycles. The maximum absolute atomic E-state index is 13.1. The quantitative estimate of drug-likeness (QED) is 0.660. The fourth-order valence-corrected chi connectivity index (χ4v) is 4.15. The number of anilines is 1. The molecule has 1 aliphatic heterocycles. The minimum absolute atomic E-state index is 0.253. The number of allylic oxidation sites excluding steroid dienone is 4. The van der Waals surface area contributed by atoms with Gasteiger partial charge >= 0.3 is 0 Å². The molecular formula is C22H25N7O2. The summed E-state index contributed by atoms with van der Waals surface area (Å²) in [4.78, 5) is 17.4. The highest BCUT2D eigenvalue weighted by molar-refractivity contribution is 6.08. The van der Waals surface area contributed by atoms with Crippen molar-refractivity contribution in [2.75, 3.05) is 25.5 Å². The molecule has 2 aliphatic rings. The van der Waals surface area contributed by atoms with Crippen molar-refractivity contribution in [3.05, 3.63) is 59.9 Å². The van der Waals surface area contributed by atoms with Gasteiger partial charge in [-0.1, -0.05) is 0 Å². The zero-order valence-electron chi connectivity index (χ0n) is 17.4. The standard InChI is InChI=1S/C22H25N7O2/c1-31-17-5-3-16(4-6-17)29-20(13-19(27-29)15-7-10-23-11-8-15)26-22(30)18-14-25-28-12-2-9-24-21(18)28/h2-3,5,9,12-15,23H,4,6-8,10-11H2,1H3,(H,26,30). The van der Waals surface area contributed by atoms with Crippen molar-refractivity contribution >= 4 is 23.1 Å². The van der Waals surface area contributed by atoms with Gasteiger partial charge in [0, 0.05) is 36.5 Å². The van der Waals surface area contributed by atoms with E-state index in [1.807, 2.05) is 22.9 Å². The molecule has 9 nitrogen and oxygen atoms in total. The lowest BCUT2D eigenvalue weighted by Gasteiger charge is -2.20. The highest BCUT2D eigenvalue weighted by atomic mass is 16.5. The van der Waals surface area contributed by atoms with E-state index in [-0.39, 0.29) is 5.91 Å². The number of fused-ring (bicyclic) bond motifs is 1. The molecule has 9 heteroatoms. The molecule has 5 rings (SSSR count). The van der Waals surface area contributed by atoms with Crippen molar-refractivity contribution < 1.29 is 9.53 Å². The minimum atomic E-state index is -0.253. The number of amides is 1. The van der Waals surface area contributed by atoms with Gasteiger partial charge in [-0.15, -0.1) is 0 Å². The number of rotatable bonds is 5. The molecule has 0 spiro atoms. The lowest BCUT2D eigenvalue weighted by atomic mass is 9.95. The first-order valence-corrected chi connectivity index (χ1v) is 10.6. The van der Waals surface area contributed by atoms with Gasteiger partial charge in [-0.2, -0.15) is 10.2 Å². The molecule has 0 unspecified atom stereocenters. The van der Waals surface area contributed by atoms with Gasteiger partial charge in [0.15, 0.2) is 5.65 Å². The number of carbonyl (C=O) groups excluding carboxylic acids is 1. The maximum atomic E-state index is 13.1. The van der Waals surface area contributed by atoms with E-state index >= 15 is 0 Å². The Kier molecular flexibility index (Phi) is 5.25. The summed E-state index contributed by atoms with van der Waals surface area (Å²) in [6.07, 6.45) is 12.6. The third kappa shape index (κ3) is 3.84. The molecule has 31 heavy (non-hydrogen) atoms. The van der Waals surface area contributed by atoms with Crippen LogP contribution in [0, 0.1) is 0 Å². The van der Waals surface area contributed by atoms with E-state index < -0.39 is 0 Å². The topological polar surface area (TPSA) is 98.4 Å². The van der Waals surface area contributed by atoms with Gasteiger partial charge in [0.1, 0.15) is 11.4 Å². The van der Waals surface area contributed by atoms with E-state index in [0.717, 1.165) is 55.9 Å². The van der Waals surface area contributed by atoms with Gasteiger partial charge in [-0.3, -0.25) is 4.79 Å². The molecular weight excluding hydrogens is 394 g/mol. The highest BCUT2D eigenvalue weighted by Crippen LogP contribution is 2.31. The smallest absolute Gasteiger partial charge is 0.262 e. The molecule has 1 amide bonds. The van der Waals surface area contributed by atoms with Crippen molar-refractivity contribution in [3.63, 3.8) is 0 Å². The Morgan fingerprint density at radius 2 is 2.13 bits per heavy atom. The van der Waals surface area contributed by atoms with E-state index in [4.69, 9.17) is 9.84 Å². The number of nitrogens with one attached hydrogen (secondary N) is 2. The van der Waals surface area contributed by atoms with Crippen LogP contribution >= 0.6 is 0 Å². The summed E-state index contributed by atoms with van der Waals surface area (Å²) in [6, 6.07) is 3.78. The third-order valence-electron chi connectivity index (χ3n) is 5.87. The van der Waals surface area contributed by atoms with Crippen molar-refractivity contribution in [3.8, 4) is 0 Å². The molecule has 1 aliphatic carbocycles. The fraction of sp³-hybridized carbons (Fsp3) is 0.364. The van der Waals surface area contributed by atoms with Crippen molar-refractivity contribution in [1.82, 2.24) is 29.7 Å². The number of ether oxygens (including phenoxy) is 1. The molecule has 160 valence electrons. The number of methoxy groups -OCH3 is 1. The predicted molar refractivity (Wildman–Crippen MR) is 117 cm³/mol. The summed E-state index contributed by atoms with van der Waals surface area (Å²) in [7, 11) is 1.68. The molecule has 1 fully saturated rings.